The molecule has 0 bridgehead atoms. The normalized spacial score (nSPS) is 22.9. The number of benzene rings is 1. The number of hydrogen-bond donors (Lipinski definition) is 1. The Morgan fingerprint density at radius 2 is 2.11 bits per heavy atom. The maximum absolute atomic E-state index is 13.5. The van der Waals surface area contributed by atoms with Gasteiger partial charge in [-0.15, -0.1) is 0 Å². The fourth-order valence-electron chi connectivity index (χ4n) is 2.24. The topological polar surface area (TPSA) is 63.2 Å². The molecule has 0 aliphatic carbocycles. The van der Waals surface area contributed by atoms with Crippen LogP contribution in [0.25, 0.3) is 0 Å². The zero-order valence-corrected chi connectivity index (χ0v) is 11.4. The number of carbonyl (C=O) groups excluding carboxylic acids is 1. The second-order valence-electron chi connectivity index (χ2n) is 4.85. The predicted octanol–water partition coefficient (Wildman–Crippen LogP) is 1.44. The fraction of sp³-hybridized carbons (Fsp3) is 0.462. The van der Waals surface area contributed by atoms with Crippen LogP contribution in [-0.4, -0.2) is 25.8 Å². The second kappa shape index (κ2) is 5.28. The summed E-state index contributed by atoms with van der Waals surface area (Å²) in [6.07, 6.45) is 0.345. The van der Waals surface area contributed by atoms with Gasteiger partial charge in [-0.05, 0) is 19.4 Å². The summed E-state index contributed by atoms with van der Waals surface area (Å²) >= 11 is 0. The van der Waals surface area contributed by atoms with Gasteiger partial charge in [0.25, 0.3) is 0 Å². The highest BCUT2D eigenvalue weighted by Gasteiger charge is 2.33. The third-order valence-electron chi connectivity index (χ3n) is 3.33. The van der Waals surface area contributed by atoms with Crippen LogP contribution in [0.15, 0.2) is 24.3 Å². The lowest BCUT2D eigenvalue weighted by atomic mass is 10.0. The van der Waals surface area contributed by atoms with Gasteiger partial charge in [-0.1, -0.05) is 18.2 Å². The van der Waals surface area contributed by atoms with Crippen LogP contribution in [0.4, 0.5) is 4.39 Å². The summed E-state index contributed by atoms with van der Waals surface area (Å²) in [5.74, 6) is -1.27. The van der Waals surface area contributed by atoms with E-state index < -0.39 is 21.8 Å². The minimum Gasteiger partial charge on any atom is -0.349 e. The summed E-state index contributed by atoms with van der Waals surface area (Å²) in [4.78, 5) is 11.9. The SMILES string of the molecule is C[C@@H](NC(=O)[C@@H]1CCS(=O)(=O)C1)c1ccccc1F. The van der Waals surface area contributed by atoms with Gasteiger partial charge in [0.1, 0.15) is 5.82 Å². The van der Waals surface area contributed by atoms with Gasteiger partial charge in [0.05, 0.1) is 23.5 Å². The molecule has 1 aromatic rings. The van der Waals surface area contributed by atoms with Crippen molar-refractivity contribution in [2.75, 3.05) is 11.5 Å². The summed E-state index contributed by atoms with van der Waals surface area (Å²) in [7, 11) is -3.08. The molecule has 0 aromatic heterocycles. The largest absolute Gasteiger partial charge is 0.349 e. The Labute approximate surface area is 111 Å². The second-order valence-corrected chi connectivity index (χ2v) is 7.08. The van der Waals surface area contributed by atoms with E-state index in [2.05, 4.69) is 5.32 Å². The molecule has 0 radical (unpaired) electrons. The summed E-state index contributed by atoms with van der Waals surface area (Å²) < 4.78 is 36.2. The molecular formula is C13H16FNO3S. The van der Waals surface area contributed by atoms with Crippen molar-refractivity contribution in [3.05, 3.63) is 35.6 Å². The van der Waals surface area contributed by atoms with Crippen LogP contribution in [-0.2, 0) is 14.6 Å². The Kier molecular flexibility index (Phi) is 3.89. The van der Waals surface area contributed by atoms with Crippen LogP contribution >= 0.6 is 0 Å². The number of rotatable bonds is 3. The van der Waals surface area contributed by atoms with Crippen molar-refractivity contribution in [1.82, 2.24) is 5.32 Å². The number of carbonyl (C=O) groups is 1. The Bertz CT molecular complexity index is 585. The van der Waals surface area contributed by atoms with Gasteiger partial charge in [0, 0.05) is 5.56 Å². The molecular weight excluding hydrogens is 269 g/mol. The Morgan fingerprint density at radius 1 is 1.42 bits per heavy atom. The zero-order valence-electron chi connectivity index (χ0n) is 10.6. The first-order chi connectivity index (χ1) is 8.89. The summed E-state index contributed by atoms with van der Waals surface area (Å²) in [6.45, 7) is 1.68. The molecule has 2 rings (SSSR count). The molecule has 1 aliphatic rings. The number of nitrogens with one attached hydrogen (secondary N) is 1. The lowest BCUT2D eigenvalue weighted by Gasteiger charge is -2.17. The third-order valence-corrected chi connectivity index (χ3v) is 5.10. The quantitative estimate of drug-likeness (QED) is 0.914. The molecule has 0 spiro atoms. The number of amides is 1. The van der Waals surface area contributed by atoms with Crippen LogP contribution in [0, 0.1) is 11.7 Å². The Morgan fingerprint density at radius 3 is 2.68 bits per heavy atom. The molecule has 1 saturated heterocycles. The molecule has 1 fully saturated rings. The van der Waals surface area contributed by atoms with Crippen LogP contribution in [0.3, 0.4) is 0 Å². The average molecular weight is 285 g/mol. The lowest BCUT2D eigenvalue weighted by Crippen LogP contribution is -2.33. The first-order valence-electron chi connectivity index (χ1n) is 6.14. The van der Waals surface area contributed by atoms with Gasteiger partial charge in [-0.3, -0.25) is 4.79 Å². The van der Waals surface area contributed by atoms with Gasteiger partial charge in [0.15, 0.2) is 9.84 Å². The average Bonchev–Trinajstić information content (AvgIpc) is 2.70. The standard InChI is InChI=1S/C13H16FNO3S/c1-9(11-4-2-3-5-12(11)14)15-13(16)10-6-7-19(17,18)8-10/h2-5,9-10H,6-8H2,1H3,(H,15,16)/t9-,10-/m1/s1. The highest BCUT2D eigenvalue weighted by molar-refractivity contribution is 7.91. The van der Waals surface area contributed by atoms with Crippen molar-refractivity contribution in [3.8, 4) is 0 Å². The van der Waals surface area contributed by atoms with E-state index in [-0.39, 0.29) is 23.2 Å². The molecule has 19 heavy (non-hydrogen) atoms. The van der Waals surface area contributed by atoms with Crippen molar-refractivity contribution in [2.24, 2.45) is 5.92 Å². The first-order valence-corrected chi connectivity index (χ1v) is 7.96. The van der Waals surface area contributed by atoms with Gasteiger partial charge >= 0.3 is 0 Å². The van der Waals surface area contributed by atoms with Crippen molar-refractivity contribution < 1.29 is 17.6 Å². The minimum absolute atomic E-state index is 0.0547. The van der Waals surface area contributed by atoms with Gasteiger partial charge in [-0.25, -0.2) is 12.8 Å². The fourth-order valence-corrected chi connectivity index (χ4v) is 3.98. The maximum Gasteiger partial charge on any atom is 0.224 e. The van der Waals surface area contributed by atoms with Crippen molar-refractivity contribution in [2.45, 2.75) is 19.4 Å². The molecule has 2 atom stereocenters. The molecule has 1 heterocycles. The molecule has 1 aromatic carbocycles. The monoisotopic (exact) mass is 285 g/mol. The van der Waals surface area contributed by atoms with E-state index in [0.717, 1.165) is 0 Å². The van der Waals surface area contributed by atoms with Gasteiger partial charge in [-0.2, -0.15) is 0 Å². The van der Waals surface area contributed by atoms with Gasteiger partial charge in [0.2, 0.25) is 5.91 Å². The van der Waals surface area contributed by atoms with Crippen LogP contribution < -0.4 is 5.32 Å². The zero-order chi connectivity index (χ0) is 14.0. The predicted molar refractivity (Wildman–Crippen MR) is 69.7 cm³/mol. The molecule has 4 nitrogen and oxygen atoms in total. The molecule has 6 heteroatoms. The Balaban J connectivity index is 2.02. The van der Waals surface area contributed by atoms with Gasteiger partial charge < -0.3 is 5.32 Å². The molecule has 0 unspecified atom stereocenters. The van der Waals surface area contributed by atoms with E-state index in [0.29, 0.717) is 12.0 Å². The van der Waals surface area contributed by atoms with E-state index in [1.54, 1.807) is 25.1 Å². The van der Waals surface area contributed by atoms with Crippen LogP contribution in [0.2, 0.25) is 0 Å². The van der Waals surface area contributed by atoms with E-state index in [4.69, 9.17) is 0 Å². The molecule has 0 saturated carbocycles. The smallest absolute Gasteiger partial charge is 0.224 e. The Hall–Kier alpha value is -1.43. The van der Waals surface area contributed by atoms with Crippen molar-refractivity contribution in [1.29, 1.82) is 0 Å². The van der Waals surface area contributed by atoms with Crippen molar-refractivity contribution >= 4 is 15.7 Å². The summed E-state index contributed by atoms with van der Waals surface area (Å²) in [5.41, 5.74) is 0.400. The summed E-state index contributed by atoms with van der Waals surface area (Å²) in [6, 6.07) is 5.74. The molecule has 104 valence electrons. The highest BCUT2D eigenvalue weighted by Crippen LogP contribution is 2.21. The van der Waals surface area contributed by atoms with Crippen LogP contribution in [0.5, 0.6) is 0 Å². The minimum atomic E-state index is -3.08. The van der Waals surface area contributed by atoms with E-state index in [9.17, 15) is 17.6 Å². The maximum atomic E-state index is 13.5. The van der Waals surface area contributed by atoms with E-state index >= 15 is 0 Å². The van der Waals surface area contributed by atoms with Crippen molar-refractivity contribution in [3.63, 3.8) is 0 Å². The first kappa shape index (κ1) is 14.0. The highest BCUT2D eigenvalue weighted by atomic mass is 32.2. The van der Waals surface area contributed by atoms with E-state index in [1.165, 1.54) is 6.07 Å². The number of sulfone groups is 1. The third kappa shape index (κ3) is 3.32. The summed E-state index contributed by atoms with van der Waals surface area (Å²) in [5, 5.41) is 2.67. The van der Waals surface area contributed by atoms with Crippen LogP contribution in [0.1, 0.15) is 24.9 Å². The number of hydrogen-bond acceptors (Lipinski definition) is 3. The van der Waals surface area contributed by atoms with E-state index in [1.807, 2.05) is 0 Å². The lowest BCUT2D eigenvalue weighted by molar-refractivity contribution is -0.124. The number of halogens is 1. The molecule has 1 N–H and O–H groups in total. The molecule has 1 aliphatic heterocycles. The molecule has 1 amide bonds.